The highest BCUT2D eigenvalue weighted by atomic mass is 79.9. The molecule has 0 bridgehead atoms. The van der Waals surface area contributed by atoms with E-state index in [1.807, 2.05) is 6.92 Å². The number of halogens is 1. The van der Waals surface area contributed by atoms with Gasteiger partial charge in [-0.15, -0.1) is 0 Å². The molecule has 1 N–H and O–H groups in total. The van der Waals surface area contributed by atoms with Crippen molar-refractivity contribution in [1.82, 2.24) is 9.88 Å². The van der Waals surface area contributed by atoms with Gasteiger partial charge in [-0.1, -0.05) is 18.2 Å². The number of nitrogens with zero attached hydrogens (tertiary/aromatic N) is 1. The molecule has 0 fully saturated rings. The summed E-state index contributed by atoms with van der Waals surface area (Å²) < 4.78 is 2.18. The van der Waals surface area contributed by atoms with Gasteiger partial charge in [-0.3, -0.25) is 9.59 Å². The van der Waals surface area contributed by atoms with E-state index in [0.29, 0.717) is 0 Å². The van der Waals surface area contributed by atoms with Crippen LogP contribution < -0.4 is 10.9 Å². The second-order valence-corrected chi connectivity index (χ2v) is 7.25. The molecule has 5 heteroatoms. The van der Waals surface area contributed by atoms with Crippen LogP contribution in [-0.2, 0) is 24.2 Å². The smallest absolute Gasteiger partial charge is 0.251 e. The molecule has 0 aliphatic heterocycles. The Hall–Kier alpha value is -1.88. The molecule has 1 amide bonds. The first-order valence-corrected chi connectivity index (χ1v) is 9.09. The summed E-state index contributed by atoms with van der Waals surface area (Å²) in [5, 5.41) is 2.98. The Bertz CT molecular complexity index is 813. The number of pyridine rings is 1. The molecule has 1 aliphatic rings. The fraction of sp³-hybridized carbons (Fsp3) is 0.368. The molecule has 1 aliphatic carbocycles. The van der Waals surface area contributed by atoms with Gasteiger partial charge in [0.05, 0.1) is 6.04 Å². The first-order valence-electron chi connectivity index (χ1n) is 8.30. The largest absolute Gasteiger partial charge is 0.348 e. The SMILES string of the molecule is CC(NC(=O)Cn1cc(Br)ccc1=O)c1ccc2c(c1)CCCC2. The molecule has 0 spiro atoms. The van der Waals surface area contributed by atoms with Gasteiger partial charge in [-0.25, -0.2) is 0 Å². The number of rotatable bonds is 4. The monoisotopic (exact) mass is 388 g/mol. The quantitative estimate of drug-likeness (QED) is 0.872. The van der Waals surface area contributed by atoms with Crippen molar-refractivity contribution in [3.63, 3.8) is 0 Å². The van der Waals surface area contributed by atoms with Crippen LogP contribution in [0.1, 0.15) is 42.5 Å². The van der Waals surface area contributed by atoms with E-state index in [-0.39, 0.29) is 24.1 Å². The molecule has 0 saturated carbocycles. The van der Waals surface area contributed by atoms with E-state index in [9.17, 15) is 9.59 Å². The summed E-state index contributed by atoms with van der Waals surface area (Å²) in [7, 11) is 0. The number of amides is 1. The van der Waals surface area contributed by atoms with Crippen LogP contribution in [0.25, 0.3) is 0 Å². The Morgan fingerprint density at radius 1 is 1.21 bits per heavy atom. The van der Waals surface area contributed by atoms with E-state index in [2.05, 4.69) is 39.4 Å². The Labute approximate surface area is 150 Å². The van der Waals surface area contributed by atoms with Crippen molar-refractivity contribution < 1.29 is 4.79 Å². The van der Waals surface area contributed by atoms with Crippen LogP contribution in [0.3, 0.4) is 0 Å². The Morgan fingerprint density at radius 2 is 1.96 bits per heavy atom. The zero-order valence-corrected chi connectivity index (χ0v) is 15.3. The topological polar surface area (TPSA) is 51.1 Å². The Morgan fingerprint density at radius 3 is 2.75 bits per heavy atom. The maximum absolute atomic E-state index is 12.3. The summed E-state index contributed by atoms with van der Waals surface area (Å²) in [5.41, 5.74) is 3.77. The average Bonchev–Trinajstić information content (AvgIpc) is 2.57. The summed E-state index contributed by atoms with van der Waals surface area (Å²) in [5.74, 6) is -0.166. The molecule has 1 unspecified atom stereocenters. The van der Waals surface area contributed by atoms with Crippen LogP contribution >= 0.6 is 15.9 Å². The second kappa shape index (κ2) is 7.34. The number of aryl methyl sites for hydroxylation is 2. The van der Waals surface area contributed by atoms with Crippen LogP contribution in [0.5, 0.6) is 0 Å². The normalized spacial score (nSPS) is 14.8. The lowest BCUT2D eigenvalue weighted by atomic mass is 9.89. The molecule has 1 heterocycles. The molecule has 1 aromatic heterocycles. The summed E-state index contributed by atoms with van der Waals surface area (Å²) in [6.45, 7) is 2.00. The summed E-state index contributed by atoms with van der Waals surface area (Å²) >= 11 is 3.32. The highest BCUT2D eigenvalue weighted by molar-refractivity contribution is 9.10. The van der Waals surface area contributed by atoms with E-state index in [1.54, 1.807) is 12.3 Å². The van der Waals surface area contributed by atoms with Crippen molar-refractivity contribution in [2.24, 2.45) is 0 Å². The maximum Gasteiger partial charge on any atom is 0.251 e. The third-order valence-electron chi connectivity index (χ3n) is 4.51. The number of nitrogens with one attached hydrogen (secondary N) is 1. The Kier molecular flexibility index (Phi) is 5.19. The number of carbonyl (C=O) groups is 1. The number of hydrogen-bond donors (Lipinski definition) is 1. The molecule has 1 aromatic carbocycles. The second-order valence-electron chi connectivity index (χ2n) is 6.34. The summed E-state index contributed by atoms with van der Waals surface area (Å²) in [6.07, 6.45) is 6.41. The fourth-order valence-corrected chi connectivity index (χ4v) is 3.55. The Balaban J connectivity index is 1.68. The van der Waals surface area contributed by atoms with Gasteiger partial charge >= 0.3 is 0 Å². The van der Waals surface area contributed by atoms with Gasteiger partial charge < -0.3 is 9.88 Å². The minimum absolute atomic E-state index is 0.0214. The third kappa shape index (κ3) is 3.96. The minimum Gasteiger partial charge on any atom is -0.348 e. The molecule has 1 atom stereocenters. The highest BCUT2D eigenvalue weighted by Crippen LogP contribution is 2.24. The molecule has 24 heavy (non-hydrogen) atoms. The first kappa shape index (κ1) is 17.0. The van der Waals surface area contributed by atoms with E-state index in [1.165, 1.54) is 34.6 Å². The van der Waals surface area contributed by atoms with Crippen molar-refractivity contribution in [3.8, 4) is 0 Å². The van der Waals surface area contributed by atoms with Crippen molar-refractivity contribution >= 4 is 21.8 Å². The number of aromatic nitrogens is 1. The van der Waals surface area contributed by atoms with Crippen LogP contribution in [0.4, 0.5) is 0 Å². The van der Waals surface area contributed by atoms with Crippen molar-refractivity contribution in [1.29, 1.82) is 0 Å². The third-order valence-corrected chi connectivity index (χ3v) is 4.98. The lowest BCUT2D eigenvalue weighted by molar-refractivity contribution is -0.122. The zero-order chi connectivity index (χ0) is 17.1. The van der Waals surface area contributed by atoms with Gasteiger partial charge in [0.1, 0.15) is 6.54 Å². The van der Waals surface area contributed by atoms with Gasteiger partial charge in [0.2, 0.25) is 5.91 Å². The molecule has 2 aromatic rings. The van der Waals surface area contributed by atoms with E-state index in [4.69, 9.17) is 0 Å². The molecular formula is C19H21BrN2O2. The summed E-state index contributed by atoms with van der Waals surface area (Å²) in [4.78, 5) is 24.0. The van der Waals surface area contributed by atoms with Gasteiger partial charge in [-0.05, 0) is 71.3 Å². The molecule has 3 rings (SSSR count). The summed E-state index contributed by atoms with van der Waals surface area (Å²) in [6, 6.07) is 9.54. The predicted molar refractivity (Wildman–Crippen MR) is 98.0 cm³/mol. The van der Waals surface area contributed by atoms with E-state index >= 15 is 0 Å². The van der Waals surface area contributed by atoms with E-state index < -0.39 is 0 Å². The van der Waals surface area contributed by atoms with E-state index in [0.717, 1.165) is 22.9 Å². The lowest BCUT2D eigenvalue weighted by Crippen LogP contribution is -2.33. The van der Waals surface area contributed by atoms with Crippen LogP contribution in [0, 0.1) is 0 Å². The van der Waals surface area contributed by atoms with Gasteiger partial charge in [0, 0.05) is 16.7 Å². The molecule has 0 saturated heterocycles. The number of benzene rings is 1. The number of hydrogen-bond acceptors (Lipinski definition) is 2. The standard InChI is InChI=1S/C19H21BrN2O2/c1-13(15-7-6-14-4-2-3-5-16(14)10-15)21-18(23)12-22-11-17(20)8-9-19(22)24/h6-11,13H,2-5,12H2,1H3,(H,21,23). The lowest BCUT2D eigenvalue weighted by Gasteiger charge is -2.20. The number of carbonyl (C=O) groups excluding carboxylic acids is 1. The predicted octanol–water partition coefficient (Wildman–Crippen LogP) is 3.37. The van der Waals surface area contributed by atoms with Gasteiger partial charge in [0.15, 0.2) is 0 Å². The number of fused-ring (bicyclic) bond motifs is 1. The molecule has 4 nitrogen and oxygen atoms in total. The first-order chi connectivity index (χ1) is 11.5. The average molecular weight is 389 g/mol. The van der Waals surface area contributed by atoms with Gasteiger partial charge in [0.25, 0.3) is 5.56 Å². The van der Waals surface area contributed by atoms with Crippen LogP contribution in [0.2, 0.25) is 0 Å². The fourth-order valence-electron chi connectivity index (χ4n) is 3.17. The molecule has 126 valence electrons. The zero-order valence-electron chi connectivity index (χ0n) is 13.7. The van der Waals surface area contributed by atoms with Gasteiger partial charge in [-0.2, -0.15) is 0 Å². The maximum atomic E-state index is 12.3. The van der Waals surface area contributed by atoms with Crippen LogP contribution in [0.15, 0.2) is 45.8 Å². The molecule has 0 radical (unpaired) electrons. The van der Waals surface area contributed by atoms with Crippen molar-refractivity contribution in [3.05, 3.63) is 68.0 Å². The van der Waals surface area contributed by atoms with Crippen molar-refractivity contribution in [2.75, 3.05) is 0 Å². The van der Waals surface area contributed by atoms with Crippen molar-refractivity contribution in [2.45, 2.75) is 45.2 Å². The highest BCUT2D eigenvalue weighted by Gasteiger charge is 2.14. The molecular weight excluding hydrogens is 368 g/mol. The minimum atomic E-state index is -0.185. The van der Waals surface area contributed by atoms with Crippen LogP contribution in [-0.4, -0.2) is 10.5 Å².